The number of nitrogens with two attached hydrogens (primary N) is 1. The molecule has 0 aromatic heterocycles. The summed E-state index contributed by atoms with van der Waals surface area (Å²) in [6.45, 7) is 5.52. The number of rotatable bonds is 19. The van der Waals surface area contributed by atoms with E-state index < -0.39 is 41.6 Å². The summed E-state index contributed by atoms with van der Waals surface area (Å²) in [5.74, 6) is -2.42. The highest BCUT2D eigenvalue weighted by molar-refractivity contribution is 7.89. The molecule has 16 nitrogen and oxygen atoms in total. The van der Waals surface area contributed by atoms with Crippen LogP contribution in [0.15, 0.2) is 102 Å². The number of sulfonamides is 1. The quantitative estimate of drug-likeness (QED) is 0.0213. The van der Waals surface area contributed by atoms with Crippen LogP contribution in [0, 0.1) is 13.8 Å². The summed E-state index contributed by atoms with van der Waals surface area (Å²) in [7, 11) is -7.73. The van der Waals surface area contributed by atoms with Crippen molar-refractivity contribution in [3.8, 4) is 5.75 Å². The fourth-order valence-corrected chi connectivity index (χ4v) is 6.93. The second kappa shape index (κ2) is 27.4. The first-order valence-corrected chi connectivity index (χ1v) is 22.2. The molecule has 4 aromatic rings. The minimum absolute atomic E-state index is 0.0103. The van der Waals surface area contributed by atoms with Crippen LogP contribution >= 0.6 is 19.2 Å². The van der Waals surface area contributed by atoms with E-state index in [1.54, 1.807) is 78.9 Å². The van der Waals surface area contributed by atoms with Gasteiger partial charge in [0.15, 0.2) is 0 Å². The SMILES string of the molecule is CC(=O)CC(=O)CCCC(=O)O.Cc1ccc(Cl)cc1OCCCC(=O)O.Cc1ccc(S(=O)(=O)NC(CC(=O)O)c2ccccc2)cc1.Nc1ccc(CP(=O)(O)O)cc1. The monoisotopic (exact) mass is 906 g/mol. The number of ketones is 2. The van der Waals surface area contributed by atoms with E-state index >= 15 is 0 Å². The fourth-order valence-electron chi connectivity index (χ4n) is 4.86. The smallest absolute Gasteiger partial charge is 0.329 e. The van der Waals surface area contributed by atoms with Gasteiger partial charge in [-0.25, -0.2) is 13.1 Å². The molecule has 19 heteroatoms. The van der Waals surface area contributed by atoms with Crippen LogP contribution in [0.5, 0.6) is 5.75 Å². The molecule has 1 unspecified atom stereocenters. The van der Waals surface area contributed by atoms with Gasteiger partial charge in [-0.15, -0.1) is 0 Å². The number of benzene rings is 4. The first kappa shape index (κ1) is 53.6. The van der Waals surface area contributed by atoms with E-state index in [4.69, 9.17) is 47.2 Å². The van der Waals surface area contributed by atoms with Crippen molar-refractivity contribution in [3.63, 3.8) is 0 Å². The third kappa shape index (κ3) is 25.7. The van der Waals surface area contributed by atoms with Gasteiger partial charge >= 0.3 is 25.5 Å². The summed E-state index contributed by atoms with van der Waals surface area (Å²) in [6.07, 6.45) is 0.500. The molecule has 0 saturated heterocycles. The zero-order valence-electron chi connectivity index (χ0n) is 33.9. The number of carboxylic acid groups (broad SMARTS) is 3. The number of carboxylic acids is 3. The molecule has 4 aromatic carbocycles. The molecule has 332 valence electrons. The van der Waals surface area contributed by atoms with Crippen molar-refractivity contribution in [1.82, 2.24) is 4.72 Å². The van der Waals surface area contributed by atoms with Crippen molar-refractivity contribution in [1.29, 1.82) is 0 Å². The molecule has 61 heavy (non-hydrogen) atoms. The lowest BCUT2D eigenvalue weighted by Crippen LogP contribution is -2.30. The molecular weight excluding hydrogens is 855 g/mol. The lowest BCUT2D eigenvalue weighted by molar-refractivity contribution is -0.138. The van der Waals surface area contributed by atoms with Gasteiger partial charge in [0.2, 0.25) is 10.0 Å². The second-order valence-electron chi connectivity index (χ2n) is 13.5. The molecular formula is C42H52ClN2O14PS. The topological polar surface area (TPSA) is 285 Å². The molecule has 0 aliphatic heterocycles. The van der Waals surface area contributed by atoms with Gasteiger partial charge in [0.05, 0.1) is 36.5 Å². The first-order valence-electron chi connectivity index (χ1n) is 18.6. The van der Waals surface area contributed by atoms with Gasteiger partial charge in [0.1, 0.15) is 17.3 Å². The van der Waals surface area contributed by atoms with Gasteiger partial charge in [-0.3, -0.25) is 28.5 Å². The Labute approximate surface area is 359 Å². The molecule has 0 bridgehead atoms. The Bertz CT molecular complexity index is 2180. The predicted molar refractivity (Wildman–Crippen MR) is 230 cm³/mol. The third-order valence-corrected chi connectivity index (χ3v) is 10.3. The van der Waals surface area contributed by atoms with E-state index in [1.807, 2.05) is 19.9 Å². The minimum Gasteiger partial charge on any atom is -0.493 e. The number of nitrogen functional groups attached to an aromatic ring is 1. The number of aryl methyl sites for hydroxylation is 2. The van der Waals surface area contributed by atoms with Gasteiger partial charge < -0.3 is 35.6 Å². The zero-order valence-corrected chi connectivity index (χ0v) is 36.4. The van der Waals surface area contributed by atoms with Gasteiger partial charge in [-0.1, -0.05) is 77.8 Å². The van der Waals surface area contributed by atoms with E-state index in [0.717, 1.165) is 11.1 Å². The number of carbonyl (C=O) groups is 5. The maximum absolute atomic E-state index is 12.4. The Kier molecular flexibility index (Phi) is 24.1. The van der Waals surface area contributed by atoms with Crippen LogP contribution in [0.25, 0.3) is 0 Å². The van der Waals surface area contributed by atoms with E-state index in [-0.39, 0.29) is 54.7 Å². The molecule has 0 saturated carbocycles. The zero-order chi connectivity index (χ0) is 46.2. The number of hydrogen-bond donors (Lipinski definition) is 7. The first-order chi connectivity index (χ1) is 28.5. The largest absolute Gasteiger partial charge is 0.493 e. The molecule has 8 N–H and O–H groups in total. The van der Waals surface area contributed by atoms with E-state index in [0.29, 0.717) is 47.0 Å². The van der Waals surface area contributed by atoms with E-state index in [9.17, 15) is 37.0 Å². The molecule has 0 spiro atoms. The Morgan fingerprint density at radius 3 is 1.89 bits per heavy atom. The summed E-state index contributed by atoms with van der Waals surface area (Å²) in [4.78, 5) is 69.9. The van der Waals surface area contributed by atoms with Crippen LogP contribution in [-0.2, 0) is 44.7 Å². The number of anilines is 1. The van der Waals surface area contributed by atoms with Crippen molar-refractivity contribution in [2.45, 2.75) is 82.8 Å². The van der Waals surface area contributed by atoms with Crippen molar-refractivity contribution in [3.05, 3.63) is 124 Å². The number of carbonyl (C=O) groups excluding carboxylic acids is 2. The second-order valence-corrected chi connectivity index (χ2v) is 17.3. The number of ether oxygens (including phenoxy) is 1. The van der Waals surface area contributed by atoms with Gasteiger partial charge in [0, 0.05) is 30.0 Å². The summed E-state index contributed by atoms with van der Waals surface area (Å²) < 4.78 is 43.2. The van der Waals surface area contributed by atoms with E-state index in [1.165, 1.54) is 19.1 Å². The fraction of sp³-hybridized carbons (Fsp3) is 0.310. The molecule has 4 rings (SSSR count). The van der Waals surface area contributed by atoms with Crippen LogP contribution in [0.1, 0.15) is 80.2 Å². The normalized spacial score (nSPS) is 11.2. The lowest BCUT2D eigenvalue weighted by Gasteiger charge is -2.17. The Hall–Kier alpha value is -5.42. The standard InChI is InChI=1S/C16H17NO4S.C11H13ClO3.C8H12O4.C7H10NO3P/c1-12-7-9-14(10-8-12)22(20,21)17-15(11-16(18)19)13-5-3-2-4-6-13;1-8-4-5-9(12)7-10(8)15-6-2-3-11(13)14;1-6(9)5-7(10)3-2-4-8(11)12;8-7-3-1-6(2-4-7)5-12(9,10)11/h2-10,15,17H,11H2,1H3,(H,18,19);4-5,7H,2-3,6H2,1H3,(H,13,14);2-5H2,1H3,(H,11,12);1-4H,5,8H2,(H2,9,10,11). The maximum Gasteiger partial charge on any atom is 0.329 e. The minimum atomic E-state index is -3.94. The Morgan fingerprint density at radius 2 is 1.36 bits per heavy atom. The van der Waals surface area contributed by atoms with Crippen LogP contribution in [0.4, 0.5) is 5.69 Å². The van der Waals surface area contributed by atoms with Crippen molar-refractivity contribution in [2.24, 2.45) is 0 Å². The van der Waals surface area contributed by atoms with Gasteiger partial charge in [-0.05, 0) is 86.7 Å². The molecule has 0 radical (unpaired) electrons. The van der Waals surface area contributed by atoms with Gasteiger partial charge in [-0.2, -0.15) is 0 Å². The summed E-state index contributed by atoms with van der Waals surface area (Å²) in [5.41, 5.74) is 9.13. The number of aliphatic carboxylic acids is 3. The maximum atomic E-state index is 12.4. The summed E-state index contributed by atoms with van der Waals surface area (Å²) in [5, 5.41) is 26.3. The highest BCUT2D eigenvalue weighted by Gasteiger charge is 2.23. The van der Waals surface area contributed by atoms with E-state index in [2.05, 4.69) is 4.72 Å². The molecule has 0 fully saturated rings. The predicted octanol–water partition coefficient (Wildman–Crippen LogP) is 7.12. The van der Waals surface area contributed by atoms with Crippen LogP contribution in [-0.4, -0.2) is 69.6 Å². The molecule has 0 aliphatic rings. The highest BCUT2D eigenvalue weighted by atomic mass is 35.5. The van der Waals surface area contributed by atoms with Crippen LogP contribution < -0.4 is 15.2 Å². The average Bonchev–Trinajstić information content (AvgIpc) is 3.15. The number of nitrogens with one attached hydrogen (secondary N) is 1. The van der Waals surface area contributed by atoms with Gasteiger partial charge in [0.25, 0.3) is 0 Å². The Morgan fingerprint density at radius 1 is 0.787 bits per heavy atom. The molecule has 1 atom stereocenters. The highest BCUT2D eigenvalue weighted by Crippen LogP contribution is 2.39. The van der Waals surface area contributed by atoms with Crippen molar-refractivity contribution < 1.29 is 66.8 Å². The lowest BCUT2D eigenvalue weighted by atomic mass is 10.1. The molecule has 0 aliphatic carbocycles. The number of hydrogen-bond acceptors (Lipinski definition) is 10. The summed E-state index contributed by atoms with van der Waals surface area (Å²) >= 11 is 5.81. The van der Waals surface area contributed by atoms with Crippen LogP contribution in [0.2, 0.25) is 5.02 Å². The number of halogens is 1. The van der Waals surface area contributed by atoms with Crippen molar-refractivity contribution >= 4 is 64.4 Å². The third-order valence-electron chi connectivity index (χ3n) is 7.81. The molecule has 0 heterocycles. The van der Waals surface area contributed by atoms with Crippen molar-refractivity contribution in [2.75, 3.05) is 12.3 Å². The van der Waals surface area contributed by atoms with Crippen LogP contribution in [0.3, 0.4) is 0 Å². The number of Topliss-reactive ketones (excluding diaryl/α,β-unsaturated/α-hetero) is 2. The average molecular weight is 907 g/mol. The summed E-state index contributed by atoms with van der Waals surface area (Å²) in [6, 6.07) is 26.1. The Balaban J connectivity index is 0.000000422. The molecule has 0 amide bonds.